The number of hydrogen-bond donors (Lipinski definition) is 2. The Hall–Kier alpha value is -1.10. The van der Waals surface area contributed by atoms with Gasteiger partial charge in [0.15, 0.2) is 5.13 Å². The van der Waals surface area contributed by atoms with Crippen LogP contribution in [0.1, 0.15) is 58.6 Å². The third kappa shape index (κ3) is 3.32. The zero-order valence-electron chi connectivity index (χ0n) is 12.5. The van der Waals surface area contributed by atoms with Crippen LogP contribution in [0.4, 0.5) is 5.13 Å². The molecule has 0 atom stereocenters. The Balaban J connectivity index is 1.95. The van der Waals surface area contributed by atoms with Crippen molar-refractivity contribution >= 4 is 22.4 Å². The van der Waals surface area contributed by atoms with Crippen molar-refractivity contribution in [3.63, 3.8) is 0 Å². The lowest BCUT2D eigenvalue weighted by Crippen LogP contribution is -2.29. The summed E-state index contributed by atoms with van der Waals surface area (Å²) in [6.07, 6.45) is 6.23. The number of carboxylic acid groups (broad SMARTS) is 1. The number of thiazole rings is 1. The number of anilines is 1. The van der Waals surface area contributed by atoms with Crippen LogP contribution in [0.15, 0.2) is 5.38 Å². The van der Waals surface area contributed by atoms with Gasteiger partial charge in [0.2, 0.25) is 0 Å². The van der Waals surface area contributed by atoms with Gasteiger partial charge in [-0.3, -0.25) is 4.79 Å². The first-order valence-corrected chi connectivity index (χ1v) is 8.27. The van der Waals surface area contributed by atoms with Crippen LogP contribution >= 0.6 is 11.3 Å². The Bertz CT molecular complexity index is 462. The van der Waals surface area contributed by atoms with Crippen molar-refractivity contribution in [3.8, 4) is 0 Å². The standard InChI is InChI=1S/C15H24N2O2S/c1-4-10-5-7-11(8-6-10)16-14-17-12(9-20-14)15(2,3)13(18)19/h9-11H,4-8H2,1-3H3,(H,16,17)(H,18,19). The Morgan fingerprint density at radius 1 is 1.45 bits per heavy atom. The molecule has 5 heteroatoms. The Morgan fingerprint density at radius 3 is 2.65 bits per heavy atom. The van der Waals surface area contributed by atoms with Gasteiger partial charge in [0.1, 0.15) is 5.41 Å². The molecule has 0 unspecified atom stereocenters. The predicted octanol–water partition coefficient (Wildman–Crippen LogP) is 3.89. The van der Waals surface area contributed by atoms with Gasteiger partial charge in [-0.25, -0.2) is 4.98 Å². The smallest absolute Gasteiger partial charge is 0.315 e. The summed E-state index contributed by atoms with van der Waals surface area (Å²) in [7, 11) is 0. The number of rotatable bonds is 5. The second-order valence-electron chi connectivity index (χ2n) is 6.24. The number of nitrogens with one attached hydrogen (secondary N) is 1. The molecule has 0 aliphatic heterocycles. The second-order valence-corrected chi connectivity index (χ2v) is 7.10. The van der Waals surface area contributed by atoms with E-state index in [0.717, 1.165) is 11.0 Å². The van der Waals surface area contributed by atoms with Gasteiger partial charge in [0, 0.05) is 11.4 Å². The second kappa shape index (κ2) is 6.12. The molecule has 1 aromatic rings. The molecule has 0 saturated heterocycles. The Labute approximate surface area is 124 Å². The molecular weight excluding hydrogens is 272 g/mol. The molecule has 0 amide bonds. The third-order valence-corrected chi connectivity index (χ3v) is 5.20. The monoisotopic (exact) mass is 296 g/mol. The summed E-state index contributed by atoms with van der Waals surface area (Å²) in [4.78, 5) is 15.7. The van der Waals surface area contributed by atoms with E-state index in [9.17, 15) is 9.90 Å². The van der Waals surface area contributed by atoms with Crippen molar-refractivity contribution < 1.29 is 9.90 Å². The van der Waals surface area contributed by atoms with Crippen LogP contribution in [0.5, 0.6) is 0 Å². The maximum atomic E-state index is 11.2. The Kier molecular flexibility index (Phi) is 4.68. The maximum absolute atomic E-state index is 11.2. The molecule has 1 saturated carbocycles. The van der Waals surface area contributed by atoms with Crippen molar-refractivity contribution in [1.29, 1.82) is 0 Å². The first-order valence-electron chi connectivity index (χ1n) is 7.39. The van der Waals surface area contributed by atoms with E-state index < -0.39 is 11.4 Å². The van der Waals surface area contributed by atoms with E-state index in [1.807, 2.05) is 5.38 Å². The number of carboxylic acids is 1. The van der Waals surface area contributed by atoms with E-state index in [0.29, 0.717) is 11.7 Å². The van der Waals surface area contributed by atoms with Gasteiger partial charge >= 0.3 is 5.97 Å². The van der Waals surface area contributed by atoms with Gasteiger partial charge in [0.05, 0.1) is 5.69 Å². The quantitative estimate of drug-likeness (QED) is 0.865. The highest BCUT2D eigenvalue weighted by molar-refractivity contribution is 7.13. The number of carbonyl (C=O) groups is 1. The predicted molar refractivity (Wildman–Crippen MR) is 82.4 cm³/mol. The van der Waals surface area contributed by atoms with Crippen LogP contribution < -0.4 is 5.32 Å². The lowest BCUT2D eigenvalue weighted by Gasteiger charge is -2.28. The highest BCUT2D eigenvalue weighted by atomic mass is 32.1. The molecule has 0 radical (unpaired) electrons. The zero-order valence-corrected chi connectivity index (χ0v) is 13.3. The van der Waals surface area contributed by atoms with Gasteiger partial charge in [-0.05, 0) is 45.4 Å². The summed E-state index contributed by atoms with van der Waals surface area (Å²) in [5.74, 6) is 0.0450. The lowest BCUT2D eigenvalue weighted by molar-refractivity contribution is -0.142. The SMILES string of the molecule is CCC1CCC(Nc2nc(C(C)(C)C(=O)O)cs2)CC1. The van der Waals surface area contributed by atoms with Crippen LogP contribution in [0.2, 0.25) is 0 Å². The summed E-state index contributed by atoms with van der Waals surface area (Å²) in [6, 6.07) is 0.491. The lowest BCUT2D eigenvalue weighted by atomic mass is 9.85. The number of hydrogen-bond acceptors (Lipinski definition) is 4. The van der Waals surface area contributed by atoms with E-state index in [1.165, 1.54) is 43.4 Å². The fourth-order valence-corrected chi connectivity index (χ4v) is 3.58. The average Bonchev–Trinajstić information content (AvgIpc) is 2.88. The molecule has 20 heavy (non-hydrogen) atoms. The summed E-state index contributed by atoms with van der Waals surface area (Å²) in [5.41, 5.74) is -0.282. The van der Waals surface area contributed by atoms with Crippen LogP contribution in [-0.2, 0) is 10.2 Å². The van der Waals surface area contributed by atoms with Crippen LogP contribution in [0.25, 0.3) is 0 Å². The van der Waals surface area contributed by atoms with Gasteiger partial charge in [-0.15, -0.1) is 11.3 Å². The number of aromatic nitrogens is 1. The minimum atomic E-state index is -0.920. The minimum absolute atomic E-state index is 0.491. The van der Waals surface area contributed by atoms with Gasteiger partial charge < -0.3 is 10.4 Å². The topological polar surface area (TPSA) is 62.2 Å². The molecule has 1 aliphatic rings. The van der Waals surface area contributed by atoms with E-state index in [1.54, 1.807) is 13.8 Å². The van der Waals surface area contributed by atoms with Crippen LogP contribution in [-0.4, -0.2) is 22.1 Å². The highest BCUT2D eigenvalue weighted by Crippen LogP contribution is 2.31. The third-order valence-electron chi connectivity index (χ3n) is 4.43. The van der Waals surface area contributed by atoms with E-state index in [2.05, 4.69) is 17.2 Å². The maximum Gasteiger partial charge on any atom is 0.315 e. The van der Waals surface area contributed by atoms with Crippen molar-refractivity contribution in [2.24, 2.45) is 5.92 Å². The molecule has 1 heterocycles. The first-order chi connectivity index (χ1) is 9.43. The molecule has 2 rings (SSSR count). The van der Waals surface area contributed by atoms with Crippen LogP contribution in [0.3, 0.4) is 0 Å². The van der Waals surface area contributed by atoms with E-state index in [-0.39, 0.29) is 0 Å². The van der Waals surface area contributed by atoms with E-state index in [4.69, 9.17) is 0 Å². The molecule has 4 nitrogen and oxygen atoms in total. The molecule has 0 spiro atoms. The molecular formula is C15H24N2O2S. The molecule has 2 N–H and O–H groups in total. The largest absolute Gasteiger partial charge is 0.481 e. The number of aliphatic carboxylic acids is 1. The van der Waals surface area contributed by atoms with Crippen molar-refractivity contribution in [3.05, 3.63) is 11.1 Å². The zero-order chi connectivity index (χ0) is 14.8. The van der Waals surface area contributed by atoms with Crippen molar-refractivity contribution in [2.45, 2.75) is 64.3 Å². The normalized spacial score (nSPS) is 23.6. The van der Waals surface area contributed by atoms with Crippen molar-refractivity contribution in [2.75, 3.05) is 5.32 Å². The average molecular weight is 296 g/mol. The Morgan fingerprint density at radius 2 is 2.10 bits per heavy atom. The highest BCUT2D eigenvalue weighted by Gasteiger charge is 2.32. The summed E-state index contributed by atoms with van der Waals surface area (Å²) < 4.78 is 0. The number of nitrogens with zero attached hydrogens (tertiary/aromatic N) is 1. The van der Waals surface area contributed by atoms with Gasteiger partial charge in [-0.2, -0.15) is 0 Å². The van der Waals surface area contributed by atoms with Crippen LogP contribution in [0, 0.1) is 5.92 Å². The fourth-order valence-electron chi connectivity index (χ4n) is 2.63. The molecule has 112 valence electrons. The van der Waals surface area contributed by atoms with E-state index >= 15 is 0 Å². The van der Waals surface area contributed by atoms with Gasteiger partial charge in [0.25, 0.3) is 0 Å². The molecule has 0 aromatic carbocycles. The molecule has 1 fully saturated rings. The van der Waals surface area contributed by atoms with Crippen molar-refractivity contribution in [1.82, 2.24) is 4.98 Å². The van der Waals surface area contributed by atoms with Gasteiger partial charge in [-0.1, -0.05) is 13.3 Å². The summed E-state index contributed by atoms with van der Waals surface area (Å²) in [5, 5.41) is 15.4. The minimum Gasteiger partial charge on any atom is -0.481 e. The first kappa shape index (κ1) is 15.3. The molecule has 1 aliphatic carbocycles. The molecule has 0 bridgehead atoms. The fraction of sp³-hybridized carbons (Fsp3) is 0.733. The summed E-state index contributed by atoms with van der Waals surface area (Å²) >= 11 is 1.51. The summed E-state index contributed by atoms with van der Waals surface area (Å²) in [6.45, 7) is 5.65. The molecule has 1 aromatic heterocycles.